The molecule has 21 heavy (non-hydrogen) atoms. The van der Waals surface area contributed by atoms with Gasteiger partial charge in [0, 0.05) is 7.11 Å². The molecule has 0 aliphatic carbocycles. The number of methoxy groups -OCH3 is 1. The lowest BCUT2D eigenvalue weighted by atomic mass is 10.1. The number of hydrogen-bond donors (Lipinski definition) is 0. The lowest BCUT2D eigenvalue weighted by Crippen LogP contribution is -2.11. The SMILES string of the molecule is CCCCCS(=O)(=O)CCCc1ccc(OCOC)cc1. The number of hydrogen-bond acceptors (Lipinski definition) is 4. The summed E-state index contributed by atoms with van der Waals surface area (Å²) >= 11 is 0. The molecule has 5 heteroatoms. The Morgan fingerprint density at radius 3 is 2.29 bits per heavy atom. The Balaban J connectivity index is 2.31. The zero-order chi connectivity index (χ0) is 15.6. The molecule has 0 aliphatic rings. The van der Waals surface area contributed by atoms with E-state index in [1.54, 1.807) is 7.11 Å². The highest BCUT2D eigenvalue weighted by molar-refractivity contribution is 7.91. The van der Waals surface area contributed by atoms with Crippen molar-refractivity contribution in [1.29, 1.82) is 0 Å². The maximum Gasteiger partial charge on any atom is 0.188 e. The van der Waals surface area contributed by atoms with Gasteiger partial charge in [-0.15, -0.1) is 0 Å². The first-order chi connectivity index (χ1) is 10.1. The molecule has 0 unspecified atom stereocenters. The number of ether oxygens (including phenoxy) is 2. The molecule has 0 spiro atoms. The fourth-order valence-electron chi connectivity index (χ4n) is 2.05. The van der Waals surface area contributed by atoms with Crippen LogP contribution in [0.3, 0.4) is 0 Å². The van der Waals surface area contributed by atoms with E-state index in [1.165, 1.54) is 0 Å². The quantitative estimate of drug-likeness (QED) is 0.465. The van der Waals surface area contributed by atoms with Gasteiger partial charge in [-0.25, -0.2) is 8.42 Å². The maximum absolute atomic E-state index is 11.8. The van der Waals surface area contributed by atoms with Crippen LogP contribution in [0.15, 0.2) is 24.3 Å². The Morgan fingerprint density at radius 1 is 1.00 bits per heavy atom. The summed E-state index contributed by atoms with van der Waals surface area (Å²) in [6, 6.07) is 7.69. The minimum absolute atomic E-state index is 0.231. The number of benzene rings is 1. The zero-order valence-electron chi connectivity index (χ0n) is 13.0. The summed E-state index contributed by atoms with van der Waals surface area (Å²) in [7, 11) is -1.31. The van der Waals surface area contributed by atoms with Crippen molar-refractivity contribution >= 4 is 9.84 Å². The van der Waals surface area contributed by atoms with Gasteiger partial charge in [0.1, 0.15) is 15.6 Å². The average molecular weight is 314 g/mol. The Hall–Kier alpha value is -1.07. The minimum Gasteiger partial charge on any atom is -0.468 e. The predicted molar refractivity (Wildman–Crippen MR) is 85.4 cm³/mol. The summed E-state index contributed by atoms with van der Waals surface area (Å²) in [5, 5.41) is 0. The van der Waals surface area contributed by atoms with Gasteiger partial charge in [0.05, 0.1) is 11.5 Å². The lowest BCUT2D eigenvalue weighted by Gasteiger charge is -2.07. The van der Waals surface area contributed by atoms with E-state index in [0.717, 1.165) is 37.0 Å². The number of sulfone groups is 1. The molecule has 0 aromatic heterocycles. The van der Waals surface area contributed by atoms with E-state index < -0.39 is 9.84 Å². The molecule has 1 aromatic rings. The molecule has 0 N–H and O–H groups in total. The van der Waals surface area contributed by atoms with Crippen LogP contribution in [-0.4, -0.2) is 33.8 Å². The van der Waals surface area contributed by atoms with Gasteiger partial charge in [0.25, 0.3) is 0 Å². The summed E-state index contributed by atoms with van der Waals surface area (Å²) in [5.41, 5.74) is 1.13. The largest absolute Gasteiger partial charge is 0.468 e. The van der Waals surface area contributed by atoms with Crippen LogP contribution in [-0.2, 0) is 21.0 Å². The van der Waals surface area contributed by atoms with E-state index in [4.69, 9.17) is 9.47 Å². The van der Waals surface area contributed by atoms with E-state index in [1.807, 2.05) is 24.3 Å². The Morgan fingerprint density at radius 2 is 1.67 bits per heavy atom. The monoisotopic (exact) mass is 314 g/mol. The van der Waals surface area contributed by atoms with Crippen molar-refractivity contribution in [2.24, 2.45) is 0 Å². The molecule has 1 aromatic carbocycles. The van der Waals surface area contributed by atoms with Gasteiger partial charge in [-0.05, 0) is 37.0 Å². The number of rotatable bonds is 11. The third kappa shape index (κ3) is 8.07. The van der Waals surface area contributed by atoms with Gasteiger partial charge in [0.2, 0.25) is 0 Å². The highest BCUT2D eigenvalue weighted by Gasteiger charge is 2.09. The topological polar surface area (TPSA) is 52.6 Å². The number of aryl methyl sites for hydroxylation is 1. The summed E-state index contributed by atoms with van der Waals surface area (Å²) < 4.78 is 33.8. The number of unbranched alkanes of at least 4 members (excludes halogenated alkanes) is 2. The minimum atomic E-state index is -2.89. The van der Waals surface area contributed by atoms with Gasteiger partial charge in [-0.3, -0.25) is 0 Å². The Labute approximate surface area is 128 Å². The smallest absolute Gasteiger partial charge is 0.188 e. The molecule has 120 valence electrons. The summed E-state index contributed by atoms with van der Waals surface area (Å²) in [6.45, 7) is 2.31. The van der Waals surface area contributed by atoms with Crippen molar-refractivity contribution in [3.05, 3.63) is 29.8 Å². The molecule has 0 amide bonds. The molecule has 0 radical (unpaired) electrons. The van der Waals surface area contributed by atoms with E-state index in [9.17, 15) is 8.42 Å². The fraction of sp³-hybridized carbons (Fsp3) is 0.625. The van der Waals surface area contributed by atoms with Crippen LogP contribution in [0.1, 0.15) is 38.2 Å². The third-order valence-corrected chi connectivity index (χ3v) is 5.07. The van der Waals surface area contributed by atoms with E-state index >= 15 is 0 Å². The third-order valence-electron chi connectivity index (χ3n) is 3.25. The van der Waals surface area contributed by atoms with Gasteiger partial charge in [-0.1, -0.05) is 31.9 Å². The first-order valence-electron chi connectivity index (χ1n) is 7.48. The highest BCUT2D eigenvalue weighted by atomic mass is 32.2. The average Bonchev–Trinajstić information content (AvgIpc) is 2.46. The molecule has 0 saturated carbocycles. The molecular weight excluding hydrogens is 288 g/mol. The summed E-state index contributed by atoms with van der Waals surface area (Å²) in [5.74, 6) is 1.36. The second-order valence-corrected chi connectivity index (χ2v) is 7.46. The van der Waals surface area contributed by atoms with Crippen LogP contribution >= 0.6 is 0 Å². The van der Waals surface area contributed by atoms with Crippen molar-refractivity contribution in [2.45, 2.75) is 39.0 Å². The van der Waals surface area contributed by atoms with E-state index in [2.05, 4.69) is 6.92 Å². The van der Waals surface area contributed by atoms with Crippen LogP contribution in [0.5, 0.6) is 5.75 Å². The van der Waals surface area contributed by atoms with Crippen LogP contribution in [0.2, 0.25) is 0 Å². The van der Waals surface area contributed by atoms with Gasteiger partial charge >= 0.3 is 0 Å². The standard InChI is InChI=1S/C16H26O4S/c1-3-4-5-12-21(17,18)13-6-7-15-8-10-16(11-9-15)20-14-19-2/h8-11H,3-7,12-14H2,1-2H3. The fourth-order valence-corrected chi connectivity index (χ4v) is 3.48. The van der Waals surface area contributed by atoms with Crippen LogP contribution in [0, 0.1) is 0 Å². The highest BCUT2D eigenvalue weighted by Crippen LogP contribution is 2.14. The molecule has 0 fully saturated rings. The normalized spacial score (nSPS) is 11.5. The van der Waals surface area contributed by atoms with Crippen molar-refractivity contribution in [3.8, 4) is 5.75 Å². The van der Waals surface area contributed by atoms with Crippen LogP contribution < -0.4 is 4.74 Å². The van der Waals surface area contributed by atoms with Crippen molar-refractivity contribution in [1.82, 2.24) is 0 Å². The zero-order valence-corrected chi connectivity index (χ0v) is 13.8. The second kappa shape index (κ2) is 9.79. The molecule has 1 rings (SSSR count). The molecular formula is C16H26O4S. The Bertz CT molecular complexity index is 480. The van der Waals surface area contributed by atoms with Crippen molar-refractivity contribution in [3.63, 3.8) is 0 Å². The molecule has 0 atom stereocenters. The molecule has 0 bridgehead atoms. The molecule has 0 saturated heterocycles. The van der Waals surface area contributed by atoms with Gasteiger partial charge in [-0.2, -0.15) is 0 Å². The molecule has 0 heterocycles. The molecule has 0 aliphatic heterocycles. The lowest BCUT2D eigenvalue weighted by molar-refractivity contribution is 0.0511. The first kappa shape index (κ1) is 18.0. The van der Waals surface area contributed by atoms with Crippen molar-refractivity contribution in [2.75, 3.05) is 25.4 Å². The summed E-state index contributed by atoms with van der Waals surface area (Å²) in [4.78, 5) is 0. The first-order valence-corrected chi connectivity index (χ1v) is 9.30. The second-order valence-electron chi connectivity index (χ2n) is 5.16. The maximum atomic E-state index is 11.8. The predicted octanol–water partition coefficient (Wildman–Crippen LogP) is 3.21. The van der Waals surface area contributed by atoms with E-state index in [0.29, 0.717) is 12.2 Å². The summed E-state index contributed by atoms with van der Waals surface area (Å²) in [6.07, 6.45) is 4.27. The van der Waals surface area contributed by atoms with E-state index in [-0.39, 0.29) is 12.5 Å². The van der Waals surface area contributed by atoms with Gasteiger partial charge < -0.3 is 9.47 Å². The Kier molecular flexibility index (Phi) is 8.38. The van der Waals surface area contributed by atoms with Crippen molar-refractivity contribution < 1.29 is 17.9 Å². The molecule has 4 nitrogen and oxygen atoms in total. The van der Waals surface area contributed by atoms with Crippen LogP contribution in [0.25, 0.3) is 0 Å². The van der Waals surface area contributed by atoms with Crippen LogP contribution in [0.4, 0.5) is 0 Å². The van der Waals surface area contributed by atoms with Gasteiger partial charge in [0.15, 0.2) is 6.79 Å².